The van der Waals surface area contributed by atoms with Crippen LogP contribution < -0.4 is 25.5 Å². The van der Waals surface area contributed by atoms with Gasteiger partial charge in [-0.1, -0.05) is 152 Å². The molecule has 0 N–H and O–H groups in total. The van der Waals surface area contributed by atoms with E-state index in [-0.39, 0.29) is 46.4 Å². The van der Waals surface area contributed by atoms with E-state index in [9.17, 15) is 49.5 Å². The summed E-state index contributed by atoms with van der Waals surface area (Å²) in [6, 6.07) is 40.3. The molecule has 235 valence electrons. The Hall–Kier alpha value is -5.97. The van der Waals surface area contributed by atoms with E-state index in [1.54, 1.807) is 91.0 Å². The number of carbonyl (C=O) groups excluding carboxylic acids is 5. The second-order valence-electron chi connectivity index (χ2n) is 8.27. The predicted octanol–water partition coefficient (Wildman–Crippen LogP) is 0.248. The first-order valence-corrected chi connectivity index (χ1v) is 12.8. The molecule has 10 nitrogen and oxygen atoms in total. The minimum Gasteiger partial charge on any atom is -0.545 e. The fraction of sp³-hybridized carbons (Fsp3) is 0. The van der Waals surface area contributed by atoms with Crippen molar-refractivity contribution in [2.45, 2.75) is 0 Å². The number of hydrogen-bond acceptors (Lipinski definition) is 10. The van der Waals surface area contributed by atoms with E-state index in [0.717, 1.165) is 0 Å². The fourth-order valence-electron chi connectivity index (χ4n) is 2.87. The average Bonchev–Trinajstić information content (AvgIpc) is 3.08. The van der Waals surface area contributed by atoms with E-state index in [2.05, 4.69) is 0 Å². The molecule has 5 aromatic rings. The monoisotopic (exact) mass is 656 g/mol. The minimum atomic E-state index is -1.13. The van der Waals surface area contributed by atoms with Crippen LogP contribution in [-0.4, -0.2) is 29.8 Å². The maximum absolute atomic E-state index is 10.1. The molecule has 0 unspecified atom stereocenters. The largest absolute Gasteiger partial charge is 0.545 e. The molecule has 1 radical (unpaired) electrons. The van der Waals surface area contributed by atoms with Gasteiger partial charge in [0.2, 0.25) is 0 Å². The van der Waals surface area contributed by atoms with Gasteiger partial charge in [-0.2, -0.15) is 0 Å². The zero-order valence-corrected chi connectivity index (χ0v) is 25.4. The van der Waals surface area contributed by atoms with Crippen LogP contribution >= 0.6 is 0 Å². The topological polar surface area (TPSA) is 201 Å². The molecule has 0 aliphatic heterocycles. The summed E-state index contributed by atoms with van der Waals surface area (Å²) >= 11 is 0. The molecule has 0 heterocycles. The summed E-state index contributed by atoms with van der Waals surface area (Å²) in [5.74, 6) is -5.65. The zero-order chi connectivity index (χ0) is 33.5. The summed E-state index contributed by atoms with van der Waals surface area (Å²) in [4.78, 5) is 50.4. The Morgan fingerprint density at radius 3 is 0.435 bits per heavy atom. The van der Waals surface area contributed by atoms with Crippen LogP contribution in [0, 0.1) is 0 Å². The first-order chi connectivity index (χ1) is 21.5. The normalized spacial score (nSPS) is 8.70. The van der Waals surface area contributed by atoms with Gasteiger partial charge in [-0.25, -0.2) is 0 Å². The number of benzene rings is 5. The van der Waals surface area contributed by atoms with Crippen LogP contribution in [0.5, 0.6) is 0 Å². The summed E-state index contributed by atoms with van der Waals surface area (Å²) in [6.07, 6.45) is 0. The minimum absolute atomic E-state index is 0. The SMILES string of the molecule is O=C([O-])c1ccccc1.O=C([O-])c1ccccc1.O=C([O-])c1ccccc1.O=C([O-])c1ccccc1.O=C([O-])c1ccccc1.[V]. The molecular formula is C35H25O10V-5. The number of carboxylic acid groups (broad SMARTS) is 5. The third-order valence-corrected chi connectivity index (χ3v) is 5.05. The Morgan fingerprint density at radius 1 is 0.261 bits per heavy atom. The van der Waals surface area contributed by atoms with Crippen molar-refractivity contribution in [3.63, 3.8) is 0 Å². The van der Waals surface area contributed by atoms with E-state index in [1.807, 2.05) is 0 Å². The van der Waals surface area contributed by atoms with Gasteiger partial charge in [-0.15, -0.1) is 0 Å². The van der Waals surface area contributed by atoms with Crippen LogP contribution in [0.15, 0.2) is 152 Å². The predicted molar refractivity (Wildman–Crippen MR) is 154 cm³/mol. The molecule has 11 heteroatoms. The first kappa shape index (κ1) is 40.0. The van der Waals surface area contributed by atoms with Crippen molar-refractivity contribution < 1.29 is 68.1 Å². The Labute approximate surface area is 276 Å². The molecule has 0 saturated heterocycles. The van der Waals surface area contributed by atoms with Gasteiger partial charge < -0.3 is 49.5 Å². The number of hydrogen-bond donors (Lipinski definition) is 0. The molecule has 0 aliphatic rings. The molecule has 5 rings (SSSR count). The molecule has 0 spiro atoms. The molecule has 0 bridgehead atoms. The fourth-order valence-corrected chi connectivity index (χ4v) is 2.87. The Balaban J connectivity index is 0.000000547. The standard InChI is InChI=1S/5C7H6O2.V/c5*8-7(9)6-4-2-1-3-5-6;/h5*1-5H,(H,8,9);/p-5. The smallest absolute Gasteiger partial charge is 0.0715 e. The van der Waals surface area contributed by atoms with Gasteiger partial charge in [0.15, 0.2) is 0 Å². The van der Waals surface area contributed by atoms with Crippen molar-refractivity contribution in [2.75, 3.05) is 0 Å². The number of carboxylic acids is 5. The van der Waals surface area contributed by atoms with Gasteiger partial charge in [0.1, 0.15) is 0 Å². The number of aromatic carboxylic acids is 5. The molecule has 0 saturated carbocycles. The van der Waals surface area contributed by atoms with E-state index in [4.69, 9.17) is 0 Å². The Morgan fingerprint density at radius 2 is 0.370 bits per heavy atom. The maximum Gasteiger partial charge on any atom is 0.0715 e. The summed E-state index contributed by atoms with van der Waals surface area (Å²) in [5.41, 5.74) is 1.10. The molecule has 46 heavy (non-hydrogen) atoms. The van der Waals surface area contributed by atoms with Crippen molar-refractivity contribution in [2.24, 2.45) is 0 Å². The molecule has 0 amide bonds. The summed E-state index contributed by atoms with van der Waals surface area (Å²) in [5, 5.41) is 50.4. The Kier molecular flexibility index (Phi) is 20.4. The molecule has 0 aliphatic carbocycles. The maximum atomic E-state index is 10.1. The second-order valence-corrected chi connectivity index (χ2v) is 8.27. The van der Waals surface area contributed by atoms with Gasteiger partial charge in [-0.3, -0.25) is 0 Å². The van der Waals surface area contributed by atoms with Gasteiger partial charge in [0.25, 0.3) is 0 Å². The van der Waals surface area contributed by atoms with Crippen LogP contribution in [0.25, 0.3) is 0 Å². The average molecular weight is 657 g/mol. The van der Waals surface area contributed by atoms with Crippen LogP contribution in [0.1, 0.15) is 51.8 Å². The van der Waals surface area contributed by atoms with Crippen molar-refractivity contribution in [1.82, 2.24) is 0 Å². The van der Waals surface area contributed by atoms with E-state index in [0.29, 0.717) is 0 Å². The molecular weight excluding hydrogens is 631 g/mol. The molecule has 0 fully saturated rings. The van der Waals surface area contributed by atoms with E-state index < -0.39 is 29.8 Å². The van der Waals surface area contributed by atoms with Crippen LogP contribution in [0.3, 0.4) is 0 Å². The third-order valence-electron chi connectivity index (χ3n) is 5.05. The van der Waals surface area contributed by atoms with Gasteiger partial charge in [0.05, 0.1) is 29.8 Å². The van der Waals surface area contributed by atoms with Gasteiger partial charge in [-0.05, 0) is 27.8 Å². The van der Waals surface area contributed by atoms with Gasteiger partial charge in [0, 0.05) is 18.6 Å². The van der Waals surface area contributed by atoms with Crippen molar-refractivity contribution in [3.8, 4) is 0 Å². The van der Waals surface area contributed by atoms with Crippen molar-refractivity contribution in [3.05, 3.63) is 179 Å². The second kappa shape index (κ2) is 23.5. The first-order valence-electron chi connectivity index (χ1n) is 12.8. The summed E-state index contributed by atoms with van der Waals surface area (Å²) in [6.45, 7) is 0. The van der Waals surface area contributed by atoms with Crippen LogP contribution in [0.2, 0.25) is 0 Å². The Bertz CT molecular complexity index is 1310. The van der Waals surface area contributed by atoms with E-state index >= 15 is 0 Å². The van der Waals surface area contributed by atoms with Crippen LogP contribution in [-0.2, 0) is 18.6 Å². The molecule has 0 atom stereocenters. The van der Waals surface area contributed by atoms with Crippen molar-refractivity contribution >= 4 is 29.8 Å². The number of carbonyl (C=O) groups is 5. The zero-order valence-electron chi connectivity index (χ0n) is 24.0. The molecule has 5 aromatic carbocycles. The number of rotatable bonds is 5. The van der Waals surface area contributed by atoms with Crippen LogP contribution in [0.4, 0.5) is 0 Å². The quantitative estimate of drug-likeness (QED) is 0.252. The van der Waals surface area contributed by atoms with Crippen molar-refractivity contribution in [1.29, 1.82) is 0 Å². The summed E-state index contributed by atoms with van der Waals surface area (Å²) in [7, 11) is 0. The van der Waals surface area contributed by atoms with Gasteiger partial charge >= 0.3 is 0 Å². The molecule has 0 aromatic heterocycles. The summed E-state index contributed by atoms with van der Waals surface area (Å²) < 4.78 is 0. The van der Waals surface area contributed by atoms with E-state index in [1.165, 1.54) is 60.7 Å². The third kappa shape index (κ3) is 17.9.